The summed E-state index contributed by atoms with van der Waals surface area (Å²) < 4.78 is 6.49. The van der Waals surface area contributed by atoms with E-state index in [4.69, 9.17) is 24.9 Å². The van der Waals surface area contributed by atoms with Crippen LogP contribution in [0.25, 0.3) is 112 Å². The number of hydrogen-bond acceptors (Lipinski definition) is 7. The Kier molecular flexibility index (Phi) is 10.6. The quantitative estimate of drug-likeness (QED) is 0.164. The second kappa shape index (κ2) is 17.5. The zero-order valence-corrected chi connectivity index (χ0v) is 39.2. The Morgan fingerprint density at radius 3 is 1.49 bits per heavy atom. The second-order valence-electron chi connectivity index (χ2n) is 16.0. The lowest BCUT2D eigenvalue weighted by Gasteiger charge is -2.12. The van der Waals surface area contributed by atoms with E-state index in [0.29, 0.717) is 34.8 Å². The smallest absolute Gasteiger partial charge is 0.235 e. The molecule has 0 radical (unpaired) electrons. The van der Waals surface area contributed by atoms with E-state index in [1.165, 1.54) is 21.5 Å². The molecule has 0 bridgehead atoms. The highest BCUT2D eigenvalue weighted by Gasteiger charge is 2.20. The number of para-hydroxylation sites is 5. The van der Waals surface area contributed by atoms with Gasteiger partial charge in [-0.25, -0.2) is 24.9 Å². The highest BCUT2D eigenvalue weighted by atomic mass is 79.9. The van der Waals surface area contributed by atoms with Crippen LogP contribution in [0.1, 0.15) is 0 Å². The topological polar surface area (TPSA) is 100 Å². The molecule has 322 valence electrons. The number of nitrogens with zero attached hydrogens (tertiary/aromatic N) is 9. The van der Waals surface area contributed by atoms with E-state index >= 15 is 0 Å². The van der Waals surface area contributed by atoms with Crippen LogP contribution in [0.3, 0.4) is 0 Å². The first-order valence-electron chi connectivity index (χ1n) is 21.9. The largest absolute Gasteiger partial charge is 0.308 e. The Balaban J connectivity index is 0.000000145. The number of halogens is 2. The molecule has 0 N–H and O–H groups in total. The molecule has 0 saturated carbocycles. The van der Waals surface area contributed by atoms with Crippen LogP contribution >= 0.6 is 31.9 Å². The molecule has 0 atom stereocenters. The van der Waals surface area contributed by atoms with Crippen molar-refractivity contribution in [3.8, 4) is 57.3 Å². The van der Waals surface area contributed by atoms with Gasteiger partial charge in [0.25, 0.3) is 0 Å². The molecule has 0 fully saturated rings. The lowest BCUT2D eigenvalue weighted by atomic mass is 10.1. The normalized spacial score (nSPS) is 11.4. The minimum Gasteiger partial charge on any atom is -0.308 e. The van der Waals surface area contributed by atoms with Crippen molar-refractivity contribution in [2.24, 2.45) is 0 Å². The minimum atomic E-state index is 0.501. The summed E-state index contributed by atoms with van der Waals surface area (Å²) in [4.78, 5) is 33.4. The molecule has 13 rings (SSSR count). The van der Waals surface area contributed by atoms with Crippen LogP contribution in [0.15, 0.2) is 222 Å². The average molecular weight is 1010 g/mol. The van der Waals surface area contributed by atoms with Gasteiger partial charge in [-0.2, -0.15) is 0 Å². The van der Waals surface area contributed by atoms with Crippen LogP contribution < -0.4 is 0 Å². The number of rotatable bonds is 6. The zero-order valence-electron chi connectivity index (χ0n) is 36.0. The van der Waals surface area contributed by atoms with Gasteiger partial charge in [0.15, 0.2) is 17.5 Å². The van der Waals surface area contributed by atoms with Crippen LogP contribution in [-0.2, 0) is 0 Å². The van der Waals surface area contributed by atoms with Gasteiger partial charge in [0.05, 0.1) is 33.3 Å². The Morgan fingerprint density at radius 2 is 0.853 bits per heavy atom. The van der Waals surface area contributed by atoms with E-state index in [2.05, 4.69) is 172 Å². The van der Waals surface area contributed by atoms with Crippen LogP contribution in [0.5, 0.6) is 0 Å². The maximum absolute atomic E-state index is 5.09. The molecule has 13 aromatic rings. The number of fused-ring (bicyclic) bond motifs is 7. The van der Waals surface area contributed by atoms with E-state index in [-0.39, 0.29) is 0 Å². The Morgan fingerprint density at radius 1 is 0.353 bits per heavy atom. The Hall–Kier alpha value is -8.25. The molecule has 6 aromatic heterocycles. The Labute approximate surface area is 406 Å². The molecule has 0 amide bonds. The van der Waals surface area contributed by atoms with Gasteiger partial charge in [-0.3, -0.25) is 14.5 Å². The lowest BCUT2D eigenvalue weighted by molar-refractivity contribution is 1.01. The fourth-order valence-corrected chi connectivity index (χ4v) is 10.0. The van der Waals surface area contributed by atoms with E-state index < -0.39 is 0 Å². The first-order valence-corrected chi connectivity index (χ1v) is 23.5. The maximum atomic E-state index is 5.09. The van der Waals surface area contributed by atoms with Gasteiger partial charge < -0.3 is 4.57 Å². The fraction of sp³-hybridized carbons (Fsp3) is 0. The maximum Gasteiger partial charge on any atom is 0.235 e. The molecular formula is C57H35Br2N9. The summed E-state index contributed by atoms with van der Waals surface area (Å²) in [6.45, 7) is 0. The van der Waals surface area contributed by atoms with Crippen molar-refractivity contribution in [1.82, 2.24) is 44.0 Å². The summed E-state index contributed by atoms with van der Waals surface area (Å²) in [6, 6.07) is 67.6. The third-order valence-corrected chi connectivity index (χ3v) is 13.2. The highest BCUT2D eigenvalue weighted by molar-refractivity contribution is 9.11. The summed E-state index contributed by atoms with van der Waals surface area (Å²) in [6.07, 6.45) is 3.47. The van der Waals surface area contributed by atoms with Crippen molar-refractivity contribution in [3.63, 3.8) is 0 Å². The fourth-order valence-electron chi connectivity index (χ4n) is 8.92. The van der Waals surface area contributed by atoms with Crippen LogP contribution in [0.2, 0.25) is 0 Å². The van der Waals surface area contributed by atoms with Gasteiger partial charge in [0.1, 0.15) is 11.4 Å². The first-order chi connectivity index (χ1) is 33.6. The summed E-state index contributed by atoms with van der Waals surface area (Å²) in [7, 11) is 0. The van der Waals surface area contributed by atoms with Gasteiger partial charge in [0, 0.05) is 65.1 Å². The van der Waals surface area contributed by atoms with Gasteiger partial charge >= 0.3 is 0 Å². The molecule has 0 saturated heterocycles. The molecule has 0 aliphatic heterocycles. The molecule has 0 aliphatic rings. The third kappa shape index (κ3) is 7.38. The third-order valence-electron chi connectivity index (χ3n) is 11.9. The van der Waals surface area contributed by atoms with E-state index in [1.54, 1.807) is 12.4 Å². The number of hydrogen-bond donors (Lipinski definition) is 0. The van der Waals surface area contributed by atoms with E-state index in [9.17, 15) is 0 Å². The molecule has 0 aliphatic carbocycles. The van der Waals surface area contributed by atoms with Crippen molar-refractivity contribution < 1.29 is 0 Å². The minimum absolute atomic E-state index is 0.501. The highest BCUT2D eigenvalue weighted by Crippen LogP contribution is 2.38. The molecule has 0 spiro atoms. The lowest BCUT2D eigenvalue weighted by Crippen LogP contribution is -2.03. The van der Waals surface area contributed by atoms with Gasteiger partial charge in [-0.15, -0.1) is 0 Å². The number of aromatic nitrogens is 9. The van der Waals surface area contributed by atoms with Crippen molar-refractivity contribution >= 4 is 86.4 Å². The number of pyridine rings is 2. The van der Waals surface area contributed by atoms with Crippen LogP contribution in [0, 0.1) is 0 Å². The van der Waals surface area contributed by atoms with Crippen molar-refractivity contribution in [2.75, 3.05) is 0 Å². The summed E-state index contributed by atoms with van der Waals surface area (Å²) in [5, 5.41) is 5.80. The summed E-state index contributed by atoms with van der Waals surface area (Å²) in [5.74, 6) is 2.23. The van der Waals surface area contributed by atoms with Crippen molar-refractivity contribution in [3.05, 3.63) is 222 Å². The SMILES string of the molecule is Brc1cccc2c3ccccc3n(-c3cccc(-c4nc(-c5ccccn5)nc(-c5ccccn5)n4)c3)c12.Brc1cccc2c3ccccc3n(-c3nc(-c4ccccc4)c4ccccc4n3)c12. The molecule has 11 heteroatoms. The van der Waals surface area contributed by atoms with Crippen LogP contribution in [-0.4, -0.2) is 44.0 Å². The second-order valence-corrected chi connectivity index (χ2v) is 17.7. The monoisotopic (exact) mass is 1000 g/mol. The molecule has 68 heavy (non-hydrogen) atoms. The molecule has 0 unspecified atom stereocenters. The molecule has 7 aromatic carbocycles. The van der Waals surface area contributed by atoms with Gasteiger partial charge in [-0.1, -0.05) is 133 Å². The molecular weight excluding hydrogens is 970 g/mol. The van der Waals surface area contributed by atoms with E-state index in [0.717, 1.165) is 64.4 Å². The predicted octanol–water partition coefficient (Wildman–Crippen LogP) is 14.7. The van der Waals surface area contributed by atoms with E-state index in [1.807, 2.05) is 78.9 Å². The van der Waals surface area contributed by atoms with Crippen molar-refractivity contribution in [1.29, 1.82) is 0 Å². The Bertz CT molecular complexity index is 3950. The number of benzene rings is 7. The summed E-state index contributed by atoms with van der Waals surface area (Å²) in [5.41, 5.74) is 10.6. The van der Waals surface area contributed by atoms with Crippen molar-refractivity contribution in [2.45, 2.75) is 0 Å². The first kappa shape index (κ1) is 41.2. The van der Waals surface area contributed by atoms with Gasteiger partial charge in [0.2, 0.25) is 5.95 Å². The summed E-state index contributed by atoms with van der Waals surface area (Å²) >= 11 is 7.55. The zero-order chi connectivity index (χ0) is 45.6. The predicted molar refractivity (Wildman–Crippen MR) is 281 cm³/mol. The molecule has 9 nitrogen and oxygen atoms in total. The average Bonchev–Trinajstić information content (AvgIpc) is 3.94. The standard InChI is InChI=1S/C31H19BrN6.C26H16BrN3/c32-24-13-8-12-23-22-11-1-2-16-27(22)38(28(23)24)21-10-7-9-20(19-21)29-35-30(25-14-3-5-17-33-25)37-31(36-29)26-15-4-6-18-34-26;27-21-14-8-13-19-18-11-5-7-16-23(18)30(25(19)21)26-28-22-15-6-4-12-20(22)24(29-26)17-9-2-1-3-10-17/h1-19H;1-16H. The van der Waals surface area contributed by atoms with Crippen LogP contribution in [0.4, 0.5) is 0 Å². The van der Waals surface area contributed by atoms with Gasteiger partial charge in [-0.05, 0) is 98.6 Å². The molecule has 6 heterocycles.